The Morgan fingerprint density at radius 2 is 1.84 bits per heavy atom. The molecule has 0 spiro atoms. The number of ether oxygens (including phenoxy) is 1. The van der Waals surface area contributed by atoms with Gasteiger partial charge in [0.1, 0.15) is 5.82 Å². The molecule has 0 aliphatic carbocycles. The fourth-order valence-corrected chi connectivity index (χ4v) is 2.57. The molecule has 1 amide bonds. The predicted molar refractivity (Wildman–Crippen MR) is 94.6 cm³/mol. The highest BCUT2D eigenvalue weighted by Crippen LogP contribution is 2.24. The predicted octanol–water partition coefficient (Wildman–Crippen LogP) is 4.21. The number of carbonyl (C=O) groups is 2. The molecule has 7 heteroatoms. The fraction of sp³-hybridized carbons (Fsp3) is 0.222. The molecule has 0 aliphatic rings. The largest absolute Gasteiger partial charge is 0.452 e. The maximum Gasteiger partial charge on any atom is 0.340 e. The van der Waals surface area contributed by atoms with E-state index in [1.165, 1.54) is 0 Å². The molecule has 0 heterocycles. The standard InChI is InChI=1S/C18H16Cl2FNO3/c1-11(12-5-3-2-4-6-12)9-22-17(23)10-25-18(24)13-7-16(21)15(20)8-14(13)19/h2-8,11H,9-10H2,1H3,(H,22,23)/t11-/m1/s1. The van der Waals surface area contributed by atoms with Crippen molar-refractivity contribution in [3.8, 4) is 0 Å². The Morgan fingerprint density at radius 1 is 1.16 bits per heavy atom. The molecule has 1 N–H and O–H groups in total. The van der Waals surface area contributed by atoms with Crippen LogP contribution in [0.4, 0.5) is 4.39 Å². The van der Waals surface area contributed by atoms with Gasteiger partial charge in [-0.2, -0.15) is 0 Å². The van der Waals surface area contributed by atoms with Crippen molar-refractivity contribution >= 4 is 35.1 Å². The molecule has 2 aromatic rings. The zero-order chi connectivity index (χ0) is 18.4. The van der Waals surface area contributed by atoms with Crippen molar-refractivity contribution in [2.75, 3.05) is 13.2 Å². The van der Waals surface area contributed by atoms with Crippen LogP contribution in [-0.2, 0) is 9.53 Å². The molecule has 0 fully saturated rings. The maximum atomic E-state index is 13.4. The van der Waals surface area contributed by atoms with Gasteiger partial charge in [0.15, 0.2) is 6.61 Å². The van der Waals surface area contributed by atoms with Gasteiger partial charge in [0.25, 0.3) is 5.91 Å². The van der Waals surface area contributed by atoms with Crippen LogP contribution in [0.25, 0.3) is 0 Å². The Hall–Kier alpha value is -2.11. The number of hydrogen-bond donors (Lipinski definition) is 1. The lowest BCUT2D eigenvalue weighted by atomic mass is 10.0. The van der Waals surface area contributed by atoms with E-state index >= 15 is 0 Å². The van der Waals surface area contributed by atoms with Gasteiger partial charge >= 0.3 is 5.97 Å². The first kappa shape index (κ1) is 19.2. The van der Waals surface area contributed by atoms with Crippen LogP contribution in [0.1, 0.15) is 28.8 Å². The van der Waals surface area contributed by atoms with Crippen molar-refractivity contribution in [3.05, 3.63) is 69.5 Å². The first-order valence-corrected chi connectivity index (χ1v) is 8.27. The Balaban J connectivity index is 1.84. The van der Waals surface area contributed by atoms with E-state index < -0.39 is 24.3 Å². The van der Waals surface area contributed by atoms with Gasteiger partial charge < -0.3 is 10.1 Å². The van der Waals surface area contributed by atoms with Crippen molar-refractivity contribution in [1.29, 1.82) is 0 Å². The van der Waals surface area contributed by atoms with Crippen LogP contribution in [0, 0.1) is 5.82 Å². The summed E-state index contributed by atoms with van der Waals surface area (Å²) in [7, 11) is 0. The van der Waals surface area contributed by atoms with Gasteiger partial charge in [0, 0.05) is 6.54 Å². The van der Waals surface area contributed by atoms with Crippen LogP contribution < -0.4 is 5.32 Å². The monoisotopic (exact) mass is 383 g/mol. The molecule has 132 valence electrons. The molecule has 0 radical (unpaired) electrons. The lowest BCUT2D eigenvalue weighted by Gasteiger charge is -2.13. The Morgan fingerprint density at radius 3 is 2.52 bits per heavy atom. The third-order valence-corrected chi connectivity index (χ3v) is 4.14. The summed E-state index contributed by atoms with van der Waals surface area (Å²) in [5.41, 5.74) is 0.900. The zero-order valence-electron chi connectivity index (χ0n) is 13.4. The second kappa shape index (κ2) is 8.83. The number of nitrogens with one attached hydrogen (secondary N) is 1. The molecule has 0 saturated carbocycles. The average Bonchev–Trinajstić information content (AvgIpc) is 2.61. The molecule has 0 unspecified atom stereocenters. The second-order valence-electron chi connectivity index (χ2n) is 5.44. The van der Waals surface area contributed by atoms with E-state index in [9.17, 15) is 14.0 Å². The summed E-state index contributed by atoms with van der Waals surface area (Å²) >= 11 is 11.4. The van der Waals surface area contributed by atoms with Crippen molar-refractivity contribution < 1.29 is 18.7 Å². The summed E-state index contributed by atoms with van der Waals surface area (Å²) in [4.78, 5) is 23.7. The van der Waals surface area contributed by atoms with E-state index in [0.29, 0.717) is 6.54 Å². The number of rotatable bonds is 6. The van der Waals surface area contributed by atoms with Crippen molar-refractivity contribution in [2.24, 2.45) is 0 Å². The molecule has 2 rings (SSSR count). The Bertz CT molecular complexity index is 768. The molecule has 0 aromatic heterocycles. The third-order valence-electron chi connectivity index (χ3n) is 3.54. The van der Waals surface area contributed by atoms with E-state index in [4.69, 9.17) is 27.9 Å². The van der Waals surface area contributed by atoms with Crippen LogP contribution in [0.2, 0.25) is 10.0 Å². The second-order valence-corrected chi connectivity index (χ2v) is 6.25. The molecular weight excluding hydrogens is 368 g/mol. The lowest BCUT2D eigenvalue weighted by Crippen LogP contribution is -2.31. The van der Waals surface area contributed by atoms with Gasteiger partial charge in [0.05, 0.1) is 15.6 Å². The van der Waals surface area contributed by atoms with Gasteiger partial charge in [-0.05, 0) is 23.6 Å². The smallest absolute Gasteiger partial charge is 0.340 e. The van der Waals surface area contributed by atoms with Gasteiger partial charge in [0.2, 0.25) is 0 Å². The number of halogens is 3. The Labute approximate surface area is 154 Å². The summed E-state index contributed by atoms with van der Waals surface area (Å²) in [6.07, 6.45) is 0. The minimum absolute atomic E-state index is 0.0468. The minimum atomic E-state index is -0.896. The highest BCUT2D eigenvalue weighted by atomic mass is 35.5. The first-order valence-electron chi connectivity index (χ1n) is 7.51. The SMILES string of the molecule is C[C@H](CNC(=O)COC(=O)c1cc(F)c(Cl)cc1Cl)c1ccccc1. The summed E-state index contributed by atoms with van der Waals surface area (Å²) in [5, 5.41) is 2.43. The third kappa shape index (κ3) is 5.44. The highest BCUT2D eigenvalue weighted by Gasteiger charge is 2.17. The summed E-state index contributed by atoms with van der Waals surface area (Å²) in [6.45, 7) is 1.88. The number of carbonyl (C=O) groups excluding carboxylic acids is 2. The molecule has 25 heavy (non-hydrogen) atoms. The molecule has 2 aromatic carbocycles. The quantitative estimate of drug-likeness (QED) is 0.600. The van der Waals surface area contributed by atoms with Crippen LogP contribution in [-0.4, -0.2) is 25.0 Å². The number of hydrogen-bond acceptors (Lipinski definition) is 3. The number of esters is 1. The molecule has 1 atom stereocenters. The molecular formula is C18H16Cl2FNO3. The van der Waals surface area contributed by atoms with Crippen molar-refractivity contribution in [3.63, 3.8) is 0 Å². The molecule has 4 nitrogen and oxygen atoms in total. The van der Waals surface area contributed by atoms with Gasteiger partial charge in [-0.25, -0.2) is 9.18 Å². The molecule has 0 bridgehead atoms. The first-order chi connectivity index (χ1) is 11.9. The van der Waals surface area contributed by atoms with Crippen LogP contribution in [0.5, 0.6) is 0 Å². The van der Waals surface area contributed by atoms with Crippen LogP contribution in [0.3, 0.4) is 0 Å². The fourth-order valence-electron chi connectivity index (χ4n) is 2.11. The number of benzene rings is 2. The van der Waals surface area contributed by atoms with Gasteiger partial charge in [-0.3, -0.25) is 4.79 Å². The van der Waals surface area contributed by atoms with Crippen LogP contribution in [0.15, 0.2) is 42.5 Å². The highest BCUT2D eigenvalue weighted by molar-refractivity contribution is 6.36. The topological polar surface area (TPSA) is 55.4 Å². The molecule has 0 aliphatic heterocycles. The van der Waals surface area contributed by atoms with Crippen molar-refractivity contribution in [2.45, 2.75) is 12.8 Å². The van der Waals surface area contributed by atoms with Crippen molar-refractivity contribution in [1.82, 2.24) is 5.32 Å². The van der Waals surface area contributed by atoms with E-state index in [2.05, 4.69) is 5.32 Å². The van der Waals surface area contributed by atoms with E-state index in [1.54, 1.807) is 0 Å². The normalized spacial score (nSPS) is 11.7. The zero-order valence-corrected chi connectivity index (χ0v) is 14.9. The molecule has 0 saturated heterocycles. The summed E-state index contributed by atoms with van der Waals surface area (Å²) in [6, 6.07) is 11.7. The van der Waals surface area contributed by atoms with Gasteiger partial charge in [-0.15, -0.1) is 0 Å². The van der Waals surface area contributed by atoms with E-state index in [1.807, 2.05) is 37.3 Å². The average molecular weight is 384 g/mol. The summed E-state index contributed by atoms with van der Waals surface area (Å²) in [5.74, 6) is -2.03. The minimum Gasteiger partial charge on any atom is -0.452 e. The summed E-state index contributed by atoms with van der Waals surface area (Å²) < 4.78 is 18.3. The van der Waals surface area contributed by atoms with Gasteiger partial charge in [-0.1, -0.05) is 60.5 Å². The lowest BCUT2D eigenvalue weighted by molar-refractivity contribution is -0.124. The number of amides is 1. The maximum absolute atomic E-state index is 13.4. The van der Waals surface area contributed by atoms with E-state index in [0.717, 1.165) is 17.7 Å². The van der Waals surface area contributed by atoms with Crippen LogP contribution >= 0.6 is 23.2 Å². The Kier molecular flexibility index (Phi) is 6.79. The van der Waals surface area contributed by atoms with E-state index in [-0.39, 0.29) is 21.5 Å².